The van der Waals surface area contributed by atoms with E-state index in [0.29, 0.717) is 0 Å². The molecule has 0 atom stereocenters. The maximum atomic E-state index is 4.66. The second-order valence-corrected chi connectivity index (χ2v) is 7.03. The summed E-state index contributed by atoms with van der Waals surface area (Å²) in [5.41, 5.74) is 5.66. The molecular formula is C22H27N5. The summed E-state index contributed by atoms with van der Waals surface area (Å²) in [5.74, 6) is 0. The molecule has 0 amide bonds. The van der Waals surface area contributed by atoms with Crippen molar-refractivity contribution in [3.63, 3.8) is 0 Å². The largest absolute Gasteiger partial charge is 0.384 e. The van der Waals surface area contributed by atoms with Gasteiger partial charge in [0.25, 0.3) is 0 Å². The van der Waals surface area contributed by atoms with E-state index in [1.165, 1.54) is 16.3 Å². The van der Waals surface area contributed by atoms with Crippen LogP contribution in [0.1, 0.15) is 25.8 Å². The molecule has 0 fully saturated rings. The third-order valence-electron chi connectivity index (χ3n) is 5.51. The Balaban J connectivity index is 1.69. The Labute approximate surface area is 159 Å². The number of rotatable bonds is 7. The van der Waals surface area contributed by atoms with Gasteiger partial charge in [0.15, 0.2) is 0 Å². The van der Waals surface area contributed by atoms with Crippen molar-refractivity contribution in [1.82, 2.24) is 19.9 Å². The Kier molecular flexibility index (Phi) is 4.94. The molecule has 2 N–H and O–H groups in total. The molecule has 3 heterocycles. The molecule has 0 aliphatic carbocycles. The number of aryl methyl sites for hydroxylation is 1. The Morgan fingerprint density at radius 2 is 1.93 bits per heavy atom. The first-order chi connectivity index (χ1) is 13.2. The van der Waals surface area contributed by atoms with E-state index in [-0.39, 0.29) is 0 Å². The van der Waals surface area contributed by atoms with Crippen LogP contribution in [0.2, 0.25) is 0 Å². The van der Waals surface area contributed by atoms with Crippen LogP contribution < -0.4 is 5.32 Å². The lowest BCUT2D eigenvalue weighted by Gasteiger charge is -2.18. The van der Waals surface area contributed by atoms with Gasteiger partial charge in [-0.2, -0.15) is 0 Å². The number of benzene rings is 1. The third-order valence-corrected chi connectivity index (χ3v) is 5.51. The SMILES string of the molecule is CCN(CC)CCCNc1ccnc2c(C)c3[nH]c4ccncc4c3cc12. The Morgan fingerprint density at radius 1 is 1.07 bits per heavy atom. The molecule has 5 nitrogen and oxygen atoms in total. The summed E-state index contributed by atoms with van der Waals surface area (Å²) in [6, 6.07) is 6.36. The molecule has 0 saturated carbocycles. The second-order valence-electron chi connectivity index (χ2n) is 7.03. The maximum Gasteiger partial charge on any atom is 0.0773 e. The van der Waals surface area contributed by atoms with Gasteiger partial charge in [0, 0.05) is 52.5 Å². The number of aromatic amines is 1. The van der Waals surface area contributed by atoms with Crippen molar-refractivity contribution in [3.8, 4) is 0 Å². The highest BCUT2D eigenvalue weighted by molar-refractivity contribution is 6.14. The zero-order chi connectivity index (χ0) is 18.8. The van der Waals surface area contributed by atoms with Crippen LogP contribution in [-0.4, -0.2) is 46.0 Å². The lowest BCUT2D eigenvalue weighted by Crippen LogP contribution is -2.25. The van der Waals surface area contributed by atoms with Crippen LogP contribution >= 0.6 is 0 Å². The molecule has 0 bridgehead atoms. The van der Waals surface area contributed by atoms with Crippen molar-refractivity contribution in [2.75, 3.05) is 31.5 Å². The smallest absolute Gasteiger partial charge is 0.0773 e. The summed E-state index contributed by atoms with van der Waals surface area (Å²) in [7, 11) is 0. The fourth-order valence-corrected chi connectivity index (χ4v) is 3.90. The minimum atomic E-state index is 0.960. The van der Waals surface area contributed by atoms with Crippen LogP contribution in [0.15, 0.2) is 36.8 Å². The molecule has 3 aromatic heterocycles. The molecule has 0 radical (unpaired) electrons. The fourth-order valence-electron chi connectivity index (χ4n) is 3.90. The van der Waals surface area contributed by atoms with E-state index in [2.05, 4.69) is 58.1 Å². The van der Waals surface area contributed by atoms with Crippen molar-refractivity contribution >= 4 is 38.4 Å². The van der Waals surface area contributed by atoms with Crippen LogP contribution in [-0.2, 0) is 0 Å². The van der Waals surface area contributed by atoms with Gasteiger partial charge in [0.1, 0.15) is 0 Å². The number of H-pyrrole nitrogens is 1. The van der Waals surface area contributed by atoms with Gasteiger partial charge in [-0.05, 0) is 56.7 Å². The summed E-state index contributed by atoms with van der Waals surface area (Å²) in [6.45, 7) is 10.9. The van der Waals surface area contributed by atoms with Crippen molar-refractivity contribution in [3.05, 3.63) is 42.4 Å². The minimum absolute atomic E-state index is 0.960. The molecule has 0 aliphatic rings. The van der Waals surface area contributed by atoms with Gasteiger partial charge in [-0.25, -0.2) is 0 Å². The number of hydrogen-bond acceptors (Lipinski definition) is 4. The van der Waals surface area contributed by atoms with E-state index < -0.39 is 0 Å². The molecule has 5 heteroatoms. The fraction of sp³-hybridized carbons (Fsp3) is 0.364. The topological polar surface area (TPSA) is 56.8 Å². The standard InChI is InChI=1S/C22H27N5/c1-4-27(5-2)12-6-9-24-19-8-11-25-21-15(3)22-16(13-17(19)21)18-14-23-10-7-20(18)26-22/h7-8,10-11,13-14,26H,4-6,9,12H2,1-3H3,(H,24,25). The first-order valence-electron chi connectivity index (χ1n) is 9.82. The summed E-state index contributed by atoms with van der Waals surface area (Å²) >= 11 is 0. The van der Waals surface area contributed by atoms with Crippen LogP contribution in [0.25, 0.3) is 32.7 Å². The molecule has 0 spiro atoms. The number of nitrogens with one attached hydrogen (secondary N) is 2. The van der Waals surface area contributed by atoms with E-state index in [1.807, 2.05) is 24.7 Å². The lowest BCUT2D eigenvalue weighted by molar-refractivity contribution is 0.303. The molecule has 4 rings (SSSR count). The van der Waals surface area contributed by atoms with Crippen LogP contribution in [0.3, 0.4) is 0 Å². The number of anilines is 1. The van der Waals surface area contributed by atoms with Crippen LogP contribution in [0.4, 0.5) is 5.69 Å². The minimum Gasteiger partial charge on any atom is -0.384 e. The number of aromatic nitrogens is 3. The number of hydrogen-bond donors (Lipinski definition) is 2. The van der Waals surface area contributed by atoms with E-state index in [9.17, 15) is 0 Å². The van der Waals surface area contributed by atoms with Gasteiger partial charge in [-0.3, -0.25) is 9.97 Å². The number of nitrogens with zero attached hydrogens (tertiary/aromatic N) is 3. The monoisotopic (exact) mass is 361 g/mol. The van der Waals surface area contributed by atoms with E-state index in [4.69, 9.17) is 0 Å². The van der Waals surface area contributed by atoms with Crippen molar-refractivity contribution in [2.45, 2.75) is 27.2 Å². The average Bonchev–Trinajstić information content (AvgIpc) is 3.08. The van der Waals surface area contributed by atoms with Crippen LogP contribution in [0.5, 0.6) is 0 Å². The van der Waals surface area contributed by atoms with Gasteiger partial charge in [-0.15, -0.1) is 0 Å². The van der Waals surface area contributed by atoms with Crippen molar-refractivity contribution in [1.29, 1.82) is 0 Å². The first kappa shape index (κ1) is 17.7. The Hall–Kier alpha value is -2.66. The molecule has 1 aromatic carbocycles. The predicted octanol–water partition coefficient (Wildman–Crippen LogP) is 4.72. The van der Waals surface area contributed by atoms with Crippen LogP contribution in [0, 0.1) is 6.92 Å². The van der Waals surface area contributed by atoms with E-state index in [1.54, 1.807) is 0 Å². The number of fused-ring (bicyclic) bond motifs is 4. The summed E-state index contributed by atoms with van der Waals surface area (Å²) in [5, 5.41) is 7.18. The lowest BCUT2D eigenvalue weighted by atomic mass is 10.0. The van der Waals surface area contributed by atoms with Gasteiger partial charge in [-0.1, -0.05) is 13.8 Å². The zero-order valence-electron chi connectivity index (χ0n) is 16.3. The first-order valence-corrected chi connectivity index (χ1v) is 9.82. The molecule has 27 heavy (non-hydrogen) atoms. The number of pyridine rings is 2. The average molecular weight is 361 g/mol. The predicted molar refractivity (Wildman–Crippen MR) is 115 cm³/mol. The zero-order valence-corrected chi connectivity index (χ0v) is 16.3. The third kappa shape index (κ3) is 3.23. The molecular weight excluding hydrogens is 334 g/mol. The van der Waals surface area contributed by atoms with Crippen molar-refractivity contribution in [2.24, 2.45) is 0 Å². The van der Waals surface area contributed by atoms with Gasteiger partial charge >= 0.3 is 0 Å². The highest BCUT2D eigenvalue weighted by Gasteiger charge is 2.13. The molecule has 140 valence electrons. The van der Waals surface area contributed by atoms with Gasteiger partial charge in [0.2, 0.25) is 0 Å². The normalized spacial score (nSPS) is 11.9. The molecule has 0 saturated heterocycles. The van der Waals surface area contributed by atoms with E-state index in [0.717, 1.165) is 60.2 Å². The van der Waals surface area contributed by atoms with Gasteiger partial charge in [0.05, 0.1) is 11.0 Å². The Bertz CT molecular complexity index is 1080. The summed E-state index contributed by atoms with van der Waals surface area (Å²) in [4.78, 5) is 15.0. The summed E-state index contributed by atoms with van der Waals surface area (Å²) < 4.78 is 0. The Morgan fingerprint density at radius 3 is 2.74 bits per heavy atom. The molecule has 0 aliphatic heterocycles. The highest BCUT2D eigenvalue weighted by Crippen LogP contribution is 2.34. The van der Waals surface area contributed by atoms with E-state index >= 15 is 0 Å². The quantitative estimate of drug-likeness (QED) is 0.468. The molecule has 0 unspecified atom stereocenters. The van der Waals surface area contributed by atoms with Crippen molar-refractivity contribution < 1.29 is 0 Å². The maximum absolute atomic E-state index is 4.66. The summed E-state index contributed by atoms with van der Waals surface area (Å²) in [6.07, 6.45) is 6.79. The highest BCUT2D eigenvalue weighted by atomic mass is 15.1. The molecule has 4 aromatic rings. The second kappa shape index (κ2) is 7.53. The van der Waals surface area contributed by atoms with Gasteiger partial charge < -0.3 is 15.2 Å².